The summed E-state index contributed by atoms with van der Waals surface area (Å²) in [5.74, 6) is -0.340. The van der Waals surface area contributed by atoms with Crippen molar-refractivity contribution in [3.05, 3.63) is 52.4 Å². The largest absolute Gasteiger partial charge is 0.349 e. The van der Waals surface area contributed by atoms with E-state index >= 15 is 0 Å². The maximum atomic E-state index is 13.1. The number of carbonyl (C=O) groups excluding carboxylic acids is 1. The van der Waals surface area contributed by atoms with E-state index in [9.17, 15) is 9.18 Å². The second-order valence-electron chi connectivity index (χ2n) is 6.76. The molecular weight excluding hydrogens is 381 g/mol. The van der Waals surface area contributed by atoms with Gasteiger partial charge in [0.2, 0.25) is 5.91 Å². The summed E-state index contributed by atoms with van der Waals surface area (Å²) in [5.41, 5.74) is 2.24. The highest BCUT2D eigenvalue weighted by molar-refractivity contribution is 8.00. The van der Waals surface area contributed by atoms with Gasteiger partial charge in [-0.2, -0.15) is 0 Å². The zero-order chi connectivity index (χ0) is 19.0. The molecule has 0 unspecified atom stereocenters. The van der Waals surface area contributed by atoms with Gasteiger partial charge in [-0.25, -0.2) is 14.4 Å². The Morgan fingerprint density at radius 1 is 1.22 bits per heavy atom. The zero-order valence-electron chi connectivity index (χ0n) is 15.2. The zero-order valence-corrected chi connectivity index (χ0v) is 16.8. The Balaban J connectivity index is 1.49. The van der Waals surface area contributed by atoms with Crippen molar-refractivity contribution < 1.29 is 9.18 Å². The molecule has 27 heavy (non-hydrogen) atoms. The Morgan fingerprint density at radius 3 is 2.78 bits per heavy atom. The predicted octanol–water partition coefficient (Wildman–Crippen LogP) is 4.68. The number of benzene rings is 1. The van der Waals surface area contributed by atoms with Crippen molar-refractivity contribution in [3.8, 4) is 0 Å². The molecule has 0 radical (unpaired) electrons. The first-order valence-electron chi connectivity index (χ1n) is 9.00. The maximum absolute atomic E-state index is 13.1. The fourth-order valence-corrected chi connectivity index (χ4v) is 5.62. The number of aromatic nitrogens is 2. The molecule has 7 heteroatoms. The number of halogens is 1. The van der Waals surface area contributed by atoms with E-state index in [-0.39, 0.29) is 23.0 Å². The van der Waals surface area contributed by atoms with Crippen LogP contribution in [0, 0.1) is 5.82 Å². The van der Waals surface area contributed by atoms with Crippen LogP contribution in [0.3, 0.4) is 0 Å². The molecule has 2 heterocycles. The summed E-state index contributed by atoms with van der Waals surface area (Å²) < 4.78 is 13.1. The standard InChI is InChI=1S/C20H20FN3OS2/c1-11(13-6-8-14(21)9-7-13)24-18(25)12(2)26-19-17-15-4-3-5-16(15)27-20(17)23-10-22-19/h6-12H,3-5H2,1-2H3,(H,24,25)/t11-,12+/m1/s1. The van der Waals surface area contributed by atoms with Crippen molar-refractivity contribution >= 4 is 39.2 Å². The average Bonchev–Trinajstić information content (AvgIpc) is 3.23. The normalized spacial score (nSPS) is 15.5. The van der Waals surface area contributed by atoms with Crippen molar-refractivity contribution in [2.24, 2.45) is 0 Å². The SMILES string of the molecule is C[C@H](Sc1ncnc2sc3c(c12)CCC3)C(=O)N[C@H](C)c1ccc(F)cc1. The van der Waals surface area contributed by atoms with Gasteiger partial charge < -0.3 is 5.32 Å². The van der Waals surface area contributed by atoms with Crippen LogP contribution in [0.2, 0.25) is 0 Å². The quantitative estimate of drug-likeness (QED) is 0.498. The lowest BCUT2D eigenvalue weighted by molar-refractivity contribution is -0.120. The molecule has 4 nitrogen and oxygen atoms in total. The number of amides is 1. The minimum absolute atomic E-state index is 0.0598. The van der Waals surface area contributed by atoms with Crippen LogP contribution in [-0.2, 0) is 17.6 Å². The molecule has 0 saturated heterocycles. The molecular formula is C20H20FN3OS2. The minimum Gasteiger partial charge on any atom is -0.349 e. The topological polar surface area (TPSA) is 54.9 Å². The van der Waals surface area contributed by atoms with Gasteiger partial charge in [0.25, 0.3) is 0 Å². The van der Waals surface area contributed by atoms with Gasteiger partial charge >= 0.3 is 0 Å². The average molecular weight is 402 g/mol. The van der Waals surface area contributed by atoms with Crippen LogP contribution in [0.25, 0.3) is 10.2 Å². The number of hydrogen-bond acceptors (Lipinski definition) is 5. The Kier molecular flexibility index (Phi) is 5.14. The number of aryl methyl sites for hydroxylation is 2. The van der Waals surface area contributed by atoms with Crippen LogP contribution in [0.15, 0.2) is 35.6 Å². The number of thioether (sulfide) groups is 1. The molecule has 0 aliphatic heterocycles. The summed E-state index contributed by atoms with van der Waals surface area (Å²) in [6.07, 6.45) is 4.95. The van der Waals surface area contributed by atoms with Crippen LogP contribution in [0.4, 0.5) is 4.39 Å². The summed E-state index contributed by atoms with van der Waals surface area (Å²) in [7, 11) is 0. The Morgan fingerprint density at radius 2 is 2.00 bits per heavy atom. The Hall–Kier alpha value is -1.99. The summed E-state index contributed by atoms with van der Waals surface area (Å²) in [6.45, 7) is 3.79. The number of nitrogens with one attached hydrogen (secondary N) is 1. The molecule has 0 spiro atoms. The lowest BCUT2D eigenvalue weighted by atomic mass is 10.1. The number of fused-ring (bicyclic) bond motifs is 3. The second kappa shape index (κ2) is 7.56. The lowest BCUT2D eigenvalue weighted by Gasteiger charge is -2.18. The van der Waals surface area contributed by atoms with E-state index in [1.54, 1.807) is 29.8 Å². The molecule has 1 aromatic carbocycles. The van der Waals surface area contributed by atoms with Gasteiger partial charge in [0.15, 0.2) is 0 Å². The highest BCUT2D eigenvalue weighted by Crippen LogP contribution is 2.40. The summed E-state index contributed by atoms with van der Waals surface area (Å²) in [4.78, 5) is 24.0. The lowest BCUT2D eigenvalue weighted by Crippen LogP contribution is -2.33. The molecule has 2 atom stereocenters. The van der Waals surface area contributed by atoms with Crippen molar-refractivity contribution in [2.45, 2.75) is 49.4 Å². The molecule has 0 bridgehead atoms. The van der Waals surface area contributed by atoms with Crippen LogP contribution in [0.1, 0.15) is 42.3 Å². The van der Waals surface area contributed by atoms with E-state index in [1.165, 1.54) is 40.8 Å². The first kappa shape index (κ1) is 18.4. The smallest absolute Gasteiger partial charge is 0.233 e. The number of thiophene rings is 1. The maximum Gasteiger partial charge on any atom is 0.233 e. The molecule has 1 N–H and O–H groups in total. The third-order valence-electron chi connectivity index (χ3n) is 4.85. The van der Waals surface area contributed by atoms with Gasteiger partial charge in [0.1, 0.15) is 22.0 Å². The van der Waals surface area contributed by atoms with Crippen molar-refractivity contribution in [2.75, 3.05) is 0 Å². The van der Waals surface area contributed by atoms with E-state index in [4.69, 9.17) is 0 Å². The molecule has 140 valence electrons. The molecule has 4 rings (SSSR count). The molecule has 2 aromatic heterocycles. The van der Waals surface area contributed by atoms with Crippen LogP contribution in [0.5, 0.6) is 0 Å². The van der Waals surface area contributed by atoms with Crippen molar-refractivity contribution in [1.29, 1.82) is 0 Å². The van der Waals surface area contributed by atoms with Gasteiger partial charge in [-0.05, 0) is 56.4 Å². The van der Waals surface area contributed by atoms with E-state index in [0.29, 0.717) is 0 Å². The third kappa shape index (κ3) is 3.71. The van der Waals surface area contributed by atoms with Crippen molar-refractivity contribution in [1.82, 2.24) is 15.3 Å². The van der Waals surface area contributed by atoms with E-state index in [2.05, 4.69) is 15.3 Å². The van der Waals surface area contributed by atoms with E-state index in [0.717, 1.165) is 33.6 Å². The Bertz CT molecular complexity index is 987. The highest BCUT2D eigenvalue weighted by Gasteiger charge is 2.24. The second-order valence-corrected chi connectivity index (χ2v) is 9.17. The number of nitrogens with zero attached hydrogens (tertiary/aromatic N) is 2. The number of rotatable bonds is 5. The van der Waals surface area contributed by atoms with Crippen molar-refractivity contribution in [3.63, 3.8) is 0 Å². The Labute approximate surface area is 165 Å². The van der Waals surface area contributed by atoms with Gasteiger partial charge in [-0.3, -0.25) is 4.79 Å². The fourth-order valence-electron chi connectivity index (χ4n) is 3.38. The molecule has 0 saturated carbocycles. The van der Waals surface area contributed by atoms with Gasteiger partial charge in [0.05, 0.1) is 11.3 Å². The van der Waals surface area contributed by atoms with E-state index in [1.807, 2.05) is 13.8 Å². The monoisotopic (exact) mass is 401 g/mol. The first-order chi connectivity index (χ1) is 13.0. The van der Waals surface area contributed by atoms with Crippen LogP contribution < -0.4 is 5.32 Å². The first-order valence-corrected chi connectivity index (χ1v) is 10.7. The van der Waals surface area contributed by atoms with Crippen LogP contribution in [-0.4, -0.2) is 21.1 Å². The minimum atomic E-state index is -0.289. The highest BCUT2D eigenvalue weighted by atomic mass is 32.2. The summed E-state index contributed by atoms with van der Waals surface area (Å²) in [5, 5.41) is 4.73. The summed E-state index contributed by atoms with van der Waals surface area (Å²) in [6, 6.07) is 6.02. The third-order valence-corrected chi connectivity index (χ3v) is 7.15. The van der Waals surface area contributed by atoms with Gasteiger partial charge in [0, 0.05) is 10.3 Å². The molecule has 3 aromatic rings. The molecule has 0 fully saturated rings. The summed E-state index contributed by atoms with van der Waals surface area (Å²) >= 11 is 3.22. The van der Waals surface area contributed by atoms with E-state index < -0.39 is 0 Å². The van der Waals surface area contributed by atoms with Crippen LogP contribution >= 0.6 is 23.1 Å². The molecule has 1 aliphatic rings. The number of carbonyl (C=O) groups is 1. The molecule has 1 amide bonds. The molecule has 1 aliphatic carbocycles. The van der Waals surface area contributed by atoms with Gasteiger partial charge in [-0.15, -0.1) is 11.3 Å². The fraction of sp³-hybridized carbons (Fsp3) is 0.350. The predicted molar refractivity (Wildman–Crippen MR) is 108 cm³/mol. The number of hydrogen-bond donors (Lipinski definition) is 1. The van der Waals surface area contributed by atoms with Gasteiger partial charge in [-0.1, -0.05) is 23.9 Å².